The highest BCUT2D eigenvalue weighted by atomic mass is 32.1. The van der Waals surface area contributed by atoms with Crippen molar-refractivity contribution in [2.45, 2.75) is 76.4 Å². The number of hydrogen-bond acceptors (Lipinski definition) is 4. The first-order valence-electron chi connectivity index (χ1n) is 12.6. The van der Waals surface area contributed by atoms with Gasteiger partial charge in [-0.1, -0.05) is 66.9 Å². The number of carboxylic acid groups (broad SMARTS) is 1. The molecule has 3 N–H and O–H groups in total. The minimum absolute atomic E-state index is 0.233. The average Bonchev–Trinajstić information content (AvgIpc) is 3.44. The van der Waals surface area contributed by atoms with Crippen molar-refractivity contribution in [1.82, 2.24) is 10.6 Å². The summed E-state index contributed by atoms with van der Waals surface area (Å²) >= 11 is 11.0. The minimum atomic E-state index is -0.727. The molecule has 0 aliphatic carbocycles. The largest absolute Gasteiger partial charge is 0.481 e. The lowest BCUT2D eigenvalue weighted by atomic mass is 9.77. The molecule has 0 aromatic heterocycles. The van der Waals surface area contributed by atoms with Gasteiger partial charge in [-0.25, -0.2) is 0 Å². The first-order valence-corrected chi connectivity index (χ1v) is 13.4. The number of aliphatic carboxylic acids is 1. The van der Waals surface area contributed by atoms with E-state index in [1.807, 2.05) is 0 Å². The van der Waals surface area contributed by atoms with Gasteiger partial charge in [-0.2, -0.15) is 0 Å². The molecular formula is C27H38N2O3S2. The number of carbonyl (C=O) groups is 1. The number of allylic oxidation sites excluding steroid dienone is 2. The van der Waals surface area contributed by atoms with E-state index < -0.39 is 5.97 Å². The number of unbranched alkanes of at least 4 members (excludes halogenated alkanes) is 2. The molecule has 2 bridgehead atoms. The van der Waals surface area contributed by atoms with Crippen LogP contribution in [0, 0.1) is 11.8 Å². The summed E-state index contributed by atoms with van der Waals surface area (Å²) in [6.07, 6.45) is 14.2. The van der Waals surface area contributed by atoms with E-state index in [1.165, 1.54) is 5.56 Å². The minimum Gasteiger partial charge on any atom is -0.481 e. The standard InChI is InChI=1S/C27H38N2O3S2/c30-27(31)15-7-2-1-6-13-21-22(24-17-16-23(21)32-24)18-28-26(34)19-29-25(33)14-9-8-12-20-10-4-3-5-11-20/h1,3-6,10-11,21-24H,2,7-9,12-19H2,(H,28,34)(H,29,33)(H,30,31)/b6-1-/t21-,22+,23-,24+/m0/s1. The van der Waals surface area contributed by atoms with Crippen LogP contribution >= 0.6 is 24.4 Å². The van der Waals surface area contributed by atoms with Crippen LogP contribution in [0.15, 0.2) is 42.5 Å². The summed E-state index contributed by atoms with van der Waals surface area (Å²) in [7, 11) is 0. The van der Waals surface area contributed by atoms with Crippen LogP contribution in [-0.2, 0) is 16.0 Å². The summed E-state index contributed by atoms with van der Waals surface area (Å²) in [5.74, 6) is 0.240. The zero-order valence-corrected chi connectivity index (χ0v) is 21.5. The molecule has 3 rings (SSSR count). The number of rotatable bonds is 15. The van der Waals surface area contributed by atoms with Gasteiger partial charge in [0.25, 0.3) is 0 Å². The van der Waals surface area contributed by atoms with E-state index in [1.54, 1.807) is 0 Å². The highest BCUT2D eigenvalue weighted by Gasteiger charge is 2.47. The fourth-order valence-electron chi connectivity index (χ4n) is 5.04. The van der Waals surface area contributed by atoms with Gasteiger partial charge in [0, 0.05) is 18.9 Å². The van der Waals surface area contributed by atoms with Gasteiger partial charge in [-0.15, -0.1) is 0 Å². The van der Waals surface area contributed by atoms with Crippen molar-refractivity contribution in [3.63, 3.8) is 0 Å². The highest BCUT2D eigenvalue weighted by Crippen LogP contribution is 2.44. The van der Waals surface area contributed by atoms with E-state index in [0.29, 0.717) is 37.0 Å². The predicted molar refractivity (Wildman–Crippen MR) is 145 cm³/mol. The van der Waals surface area contributed by atoms with E-state index in [0.717, 1.165) is 67.9 Å². The Kier molecular flexibility index (Phi) is 11.4. The lowest BCUT2D eigenvalue weighted by Crippen LogP contribution is -2.41. The van der Waals surface area contributed by atoms with E-state index >= 15 is 0 Å². The maximum absolute atomic E-state index is 10.6. The Balaban J connectivity index is 1.29. The first kappa shape index (κ1) is 26.8. The molecule has 0 unspecified atom stereocenters. The summed E-state index contributed by atoms with van der Waals surface area (Å²) in [6, 6.07) is 10.6. The van der Waals surface area contributed by atoms with Gasteiger partial charge >= 0.3 is 5.97 Å². The normalized spacial score (nSPS) is 23.3. The second-order valence-electron chi connectivity index (χ2n) is 9.38. The van der Waals surface area contributed by atoms with Gasteiger partial charge in [-0.05, 0) is 69.3 Å². The SMILES string of the molecule is O=C(O)CCC/C=C\C[C@H]1[C@@H](CNC(=S)CNC(=S)CCCCc2ccccc2)[C@H]2CC[C@@H]1O2. The molecule has 5 nitrogen and oxygen atoms in total. The molecule has 1 aromatic carbocycles. The van der Waals surface area contributed by atoms with Crippen LogP contribution in [0.2, 0.25) is 0 Å². The quantitative estimate of drug-likeness (QED) is 0.172. The Labute approximate surface area is 214 Å². The number of hydrogen-bond donors (Lipinski definition) is 3. The third-order valence-electron chi connectivity index (χ3n) is 6.87. The van der Waals surface area contributed by atoms with E-state index in [-0.39, 0.29) is 6.42 Å². The van der Waals surface area contributed by atoms with Crippen molar-refractivity contribution in [2.75, 3.05) is 13.1 Å². The molecule has 0 amide bonds. The third kappa shape index (κ3) is 9.08. The average molecular weight is 503 g/mol. The second kappa shape index (κ2) is 14.5. The van der Waals surface area contributed by atoms with Crippen molar-refractivity contribution >= 4 is 40.4 Å². The van der Waals surface area contributed by atoms with Crippen LogP contribution in [0.4, 0.5) is 0 Å². The fourth-order valence-corrected chi connectivity index (χ4v) is 5.42. The molecule has 0 radical (unpaired) electrons. The maximum atomic E-state index is 10.6. The molecule has 34 heavy (non-hydrogen) atoms. The van der Waals surface area contributed by atoms with Crippen LogP contribution in [-0.4, -0.2) is 46.4 Å². The molecule has 7 heteroatoms. The molecule has 2 saturated heterocycles. The summed E-state index contributed by atoms with van der Waals surface area (Å²) in [4.78, 5) is 12.3. The Morgan fingerprint density at radius 2 is 1.74 bits per heavy atom. The molecule has 0 spiro atoms. The van der Waals surface area contributed by atoms with Crippen molar-refractivity contribution in [2.24, 2.45) is 11.8 Å². The van der Waals surface area contributed by atoms with Gasteiger partial charge in [0.2, 0.25) is 0 Å². The summed E-state index contributed by atoms with van der Waals surface area (Å²) in [5, 5.41) is 15.5. The number of thiocarbonyl (C=S) groups is 2. The fraction of sp³-hybridized carbons (Fsp3) is 0.593. The topological polar surface area (TPSA) is 70.6 Å². The predicted octanol–water partition coefficient (Wildman–Crippen LogP) is 5.23. The van der Waals surface area contributed by atoms with Crippen molar-refractivity contribution in [3.05, 3.63) is 48.0 Å². The lowest BCUT2D eigenvalue weighted by Gasteiger charge is -2.28. The molecule has 2 heterocycles. The number of fused-ring (bicyclic) bond motifs is 2. The van der Waals surface area contributed by atoms with E-state index in [4.69, 9.17) is 34.3 Å². The number of carboxylic acids is 1. The van der Waals surface area contributed by atoms with E-state index in [9.17, 15) is 4.79 Å². The van der Waals surface area contributed by atoms with Crippen molar-refractivity contribution in [3.8, 4) is 0 Å². The highest BCUT2D eigenvalue weighted by molar-refractivity contribution is 7.80. The molecule has 2 aliphatic heterocycles. The van der Waals surface area contributed by atoms with Crippen molar-refractivity contribution in [1.29, 1.82) is 0 Å². The lowest BCUT2D eigenvalue weighted by molar-refractivity contribution is -0.137. The second-order valence-corrected chi connectivity index (χ2v) is 10.4. The molecule has 2 aliphatic rings. The molecular weight excluding hydrogens is 464 g/mol. The summed E-state index contributed by atoms with van der Waals surface area (Å²) in [5.41, 5.74) is 1.38. The smallest absolute Gasteiger partial charge is 0.303 e. The molecule has 4 atom stereocenters. The monoisotopic (exact) mass is 502 g/mol. The number of nitrogens with one attached hydrogen (secondary N) is 2. The number of aryl methyl sites for hydroxylation is 1. The van der Waals surface area contributed by atoms with Gasteiger partial charge < -0.3 is 20.5 Å². The van der Waals surface area contributed by atoms with Crippen LogP contribution in [0.5, 0.6) is 0 Å². The van der Waals surface area contributed by atoms with Gasteiger partial charge in [0.15, 0.2) is 0 Å². The van der Waals surface area contributed by atoms with Gasteiger partial charge in [0.05, 0.1) is 28.7 Å². The van der Waals surface area contributed by atoms with Crippen LogP contribution < -0.4 is 10.6 Å². The Morgan fingerprint density at radius 3 is 2.50 bits per heavy atom. The molecule has 2 fully saturated rings. The first-order chi connectivity index (χ1) is 16.5. The Morgan fingerprint density at radius 1 is 0.971 bits per heavy atom. The van der Waals surface area contributed by atoms with Crippen molar-refractivity contribution < 1.29 is 14.6 Å². The van der Waals surface area contributed by atoms with Gasteiger partial charge in [-0.3, -0.25) is 4.79 Å². The number of ether oxygens (including phenoxy) is 1. The zero-order chi connectivity index (χ0) is 24.2. The molecule has 186 valence electrons. The van der Waals surface area contributed by atoms with Gasteiger partial charge in [0.1, 0.15) is 0 Å². The van der Waals surface area contributed by atoms with E-state index in [2.05, 4.69) is 53.1 Å². The molecule has 0 saturated carbocycles. The Bertz CT molecular complexity index is 830. The zero-order valence-electron chi connectivity index (χ0n) is 19.9. The molecule has 1 aromatic rings. The Hall–Kier alpha value is -1.83. The van der Waals surface area contributed by atoms with Crippen LogP contribution in [0.3, 0.4) is 0 Å². The summed E-state index contributed by atoms with van der Waals surface area (Å²) in [6.45, 7) is 1.42. The summed E-state index contributed by atoms with van der Waals surface area (Å²) < 4.78 is 6.19. The number of benzene rings is 1. The van der Waals surface area contributed by atoms with Crippen LogP contribution in [0.25, 0.3) is 0 Å². The third-order valence-corrected chi connectivity index (χ3v) is 7.51. The maximum Gasteiger partial charge on any atom is 0.303 e. The van der Waals surface area contributed by atoms with Crippen LogP contribution in [0.1, 0.15) is 63.4 Å².